The number of imidazole rings is 1. The highest BCUT2D eigenvalue weighted by atomic mass is 32.1. The number of carbonyl (C=O) groups is 1. The van der Waals surface area contributed by atoms with Crippen molar-refractivity contribution in [3.05, 3.63) is 34.9 Å². The van der Waals surface area contributed by atoms with Crippen molar-refractivity contribution in [3.63, 3.8) is 0 Å². The number of nitrogens with zero attached hydrogens (tertiary/aromatic N) is 4. The van der Waals surface area contributed by atoms with E-state index in [-0.39, 0.29) is 5.91 Å². The highest BCUT2D eigenvalue weighted by Gasteiger charge is 2.18. The van der Waals surface area contributed by atoms with E-state index in [4.69, 9.17) is 0 Å². The molecule has 0 fully saturated rings. The first-order chi connectivity index (χ1) is 9.56. The van der Waals surface area contributed by atoms with Crippen molar-refractivity contribution in [1.29, 1.82) is 0 Å². The molecule has 3 heterocycles. The number of hydrogen-bond donors (Lipinski definition) is 1. The van der Waals surface area contributed by atoms with E-state index in [1.165, 1.54) is 11.3 Å². The second kappa shape index (κ2) is 4.75. The summed E-state index contributed by atoms with van der Waals surface area (Å²) in [5, 5.41) is 5.39. The summed E-state index contributed by atoms with van der Waals surface area (Å²) in [5.41, 5.74) is 0.950. The lowest BCUT2D eigenvalue weighted by Crippen LogP contribution is -2.25. The molecule has 0 saturated heterocycles. The van der Waals surface area contributed by atoms with Crippen LogP contribution in [0.5, 0.6) is 0 Å². The molecule has 0 aromatic carbocycles. The number of hydrogen-bond acceptors (Lipinski definition) is 4. The topological polar surface area (TPSA) is 66.8 Å². The Morgan fingerprint density at radius 2 is 2.35 bits per heavy atom. The van der Waals surface area contributed by atoms with E-state index >= 15 is 0 Å². The second-order valence-corrected chi connectivity index (χ2v) is 5.77. The third kappa shape index (κ3) is 2.09. The molecule has 0 saturated carbocycles. The predicted octanol–water partition coefficient (Wildman–Crippen LogP) is 1.94. The van der Waals surface area contributed by atoms with Crippen LogP contribution in [0.1, 0.15) is 21.2 Å². The zero-order chi connectivity index (χ0) is 14.3. The van der Waals surface area contributed by atoms with Crippen LogP contribution < -0.4 is 0 Å². The molecule has 3 aromatic heterocycles. The molecule has 3 rings (SSSR count). The lowest BCUT2D eigenvalue weighted by atomic mass is 10.3. The molecule has 20 heavy (non-hydrogen) atoms. The maximum atomic E-state index is 12.4. The van der Waals surface area contributed by atoms with E-state index in [0.29, 0.717) is 6.54 Å². The first-order valence-corrected chi connectivity index (χ1v) is 7.05. The molecule has 3 aromatic rings. The fourth-order valence-corrected chi connectivity index (χ4v) is 3.30. The van der Waals surface area contributed by atoms with E-state index in [0.717, 1.165) is 26.6 Å². The predicted molar refractivity (Wildman–Crippen MR) is 77.7 cm³/mol. The summed E-state index contributed by atoms with van der Waals surface area (Å²) in [6.07, 6.45) is 3.43. The van der Waals surface area contributed by atoms with E-state index in [1.54, 1.807) is 24.3 Å². The Bertz CT molecular complexity index is 721. The fourth-order valence-electron chi connectivity index (χ4n) is 2.18. The quantitative estimate of drug-likeness (QED) is 0.801. The van der Waals surface area contributed by atoms with Crippen molar-refractivity contribution in [2.24, 2.45) is 7.05 Å². The summed E-state index contributed by atoms with van der Waals surface area (Å²) in [5.74, 6) is 0.779. The van der Waals surface area contributed by atoms with Gasteiger partial charge in [0, 0.05) is 31.9 Å². The average molecular weight is 289 g/mol. The number of H-pyrrole nitrogens is 1. The molecular formula is C13H15N5OS. The molecule has 0 radical (unpaired) electrons. The summed E-state index contributed by atoms with van der Waals surface area (Å²) in [6, 6.07) is 1.92. The zero-order valence-electron chi connectivity index (χ0n) is 11.5. The maximum Gasteiger partial charge on any atom is 0.264 e. The summed E-state index contributed by atoms with van der Waals surface area (Å²) >= 11 is 1.47. The smallest absolute Gasteiger partial charge is 0.264 e. The molecule has 0 aliphatic heterocycles. The van der Waals surface area contributed by atoms with Crippen molar-refractivity contribution < 1.29 is 4.79 Å². The molecular weight excluding hydrogens is 274 g/mol. The minimum Gasteiger partial charge on any atom is -0.347 e. The molecule has 0 spiro atoms. The Labute approximate surface area is 120 Å². The third-order valence-corrected chi connectivity index (χ3v) is 4.39. The lowest BCUT2D eigenvalue weighted by Gasteiger charge is -2.14. The number of nitrogens with one attached hydrogen (secondary N) is 1. The van der Waals surface area contributed by atoms with Crippen molar-refractivity contribution in [3.8, 4) is 0 Å². The molecule has 0 aliphatic carbocycles. The molecule has 0 unspecified atom stereocenters. The number of carbonyl (C=O) groups excluding carboxylic acids is 1. The van der Waals surface area contributed by atoms with Gasteiger partial charge in [-0.1, -0.05) is 0 Å². The van der Waals surface area contributed by atoms with Gasteiger partial charge in [-0.2, -0.15) is 5.10 Å². The van der Waals surface area contributed by atoms with Crippen molar-refractivity contribution >= 4 is 27.5 Å². The number of thiophene rings is 1. The van der Waals surface area contributed by atoms with Crippen LogP contribution in [-0.4, -0.2) is 37.6 Å². The number of rotatable bonds is 3. The van der Waals surface area contributed by atoms with E-state index in [9.17, 15) is 4.79 Å². The number of aryl methyl sites for hydroxylation is 2. The summed E-state index contributed by atoms with van der Waals surface area (Å²) < 4.78 is 1.82. The van der Waals surface area contributed by atoms with E-state index < -0.39 is 0 Å². The van der Waals surface area contributed by atoms with Crippen LogP contribution in [0.4, 0.5) is 0 Å². The SMILES string of the molecule is Cc1nn(C)c2sc(C(=O)N(C)Cc3ncc[nH]3)cc12. The van der Waals surface area contributed by atoms with Gasteiger partial charge in [0.05, 0.1) is 17.1 Å². The number of aromatic nitrogens is 4. The molecule has 1 amide bonds. The normalized spacial score (nSPS) is 11.2. The van der Waals surface area contributed by atoms with Crippen LogP contribution in [0.3, 0.4) is 0 Å². The monoisotopic (exact) mass is 289 g/mol. The van der Waals surface area contributed by atoms with Gasteiger partial charge in [0.2, 0.25) is 0 Å². The van der Waals surface area contributed by atoms with Gasteiger partial charge in [-0.25, -0.2) is 4.98 Å². The Kier molecular flexibility index (Phi) is 3.06. The highest BCUT2D eigenvalue weighted by Crippen LogP contribution is 2.28. The average Bonchev–Trinajstić information content (AvgIpc) is 3.09. The van der Waals surface area contributed by atoms with Crippen LogP contribution in [0.15, 0.2) is 18.5 Å². The number of aromatic amines is 1. The summed E-state index contributed by atoms with van der Waals surface area (Å²) in [6.45, 7) is 2.42. The largest absolute Gasteiger partial charge is 0.347 e. The maximum absolute atomic E-state index is 12.4. The Balaban J connectivity index is 1.86. The minimum atomic E-state index is 0.00185. The van der Waals surface area contributed by atoms with Gasteiger partial charge in [0.15, 0.2) is 0 Å². The van der Waals surface area contributed by atoms with Gasteiger partial charge >= 0.3 is 0 Å². The van der Waals surface area contributed by atoms with Crippen LogP contribution in [0.2, 0.25) is 0 Å². The van der Waals surface area contributed by atoms with Gasteiger partial charge in [-0.15, -0.1) is 11.3 Å². The molecule has 104 valence electrons. The van der Waals surface area contributed by atoms with Crippen molar-refractivity contribution in [1.82, 2.24) is 24.6 Å². The minimum absolute atomic E-state index is 0.00185. The second-order valence-electron chi connectivity index (χ2n) is 4.74. The zero-order valence-corrected chi connectivity index (χ0v) is 12.4. The molecule has 0 bridgehead atoms. The molecule has 7 heteroatoms. The standard InChI is InChI=1S/C13H15N5OS/c1-8-9-6-10(20-13(9)18(3)16-8)12(19)17(2)7-11-14-4-5-15-11/h4-6H,7H2,1-3H3,(H,14,15). The summed E-state index contributed by atoms with van der Waals surface area (Å²) in [4.78, 5) is 23.0. The Hall–Kier alpha value is -2.15. The summed E-state index contributed by atoms with van der Waals surface area (Å²) in [7, 11) is 3.67. The van der Waals surface area contributed by atoms with E-state index in [1.807, 2.05) is 24.7 Å². The van der Waals surface area contributed by atoms with Crippen molar-refractivity contribution in [2.45, 2.75) is 13.5 Å². The number of amides is 1. The van der Waals surface area contributed by atoms with Crippen LogP contribution in [-0.2, 0) is 13.6 Å². The van der Waals surface area contributed by atoms with Crippen LogP contribution in [0.25, 0.3) is 10.2 Å². The highest BCUT2D eigenvalue weighted by molar-refractivity contribution is 7.20. The first kappa shape index (κ1) is 12.9. The lowest BCUT2D eigenvalue weighted by molar-refractivity contribution is 0.0786. The third-order valence-electron chi connectivity index (χ3n) is 3.20. The fraction of sp³-hybridized carbons (Fsp3) is 0.308. The van der Waals surface area contributed by atoms with Gasteiger partial charge in [0.1, 0.15) is 10.7 Å². The van der Waals surface area contributed by atoms with Gasteiger partial charge in [0.25, 0.3) is 5.91 Å². The molecule has 6 nitrogen and oxygen atoms in total. The van der Waals surface area contributed by atoms with Crippen LogP contribution in [0, 0.1) is 6.92 Å². The van der Waals surface area contributed by atoms with Gasteiger partial charge < -0.3 is 9.88 Å². The van der Waals surface area contributed by atoms with Crippen molar-refractivity contribution in [2.75, 3.05) is 7.05 Å². The molecule has 0 aliphatic rings. The van der Waals surface area contributed by atoms with Gasteiger partial charge in [-0.3, -0.25) is 9.48 Å². The first-order valence-electron chi connectivity index (χ1n) is 6.23. The van der Waals surface area contributed by atoms with Gasteiger partial charge in [-0.05, 0) is 13.0 Å². The number of fused-ring (bicyclic) bond motifs is 1. The Morgan fingerprint density at radius 1 is 1.55 bits per heavy atom. The van der Waals surface area contributed by atoms with E-state index in [2.05, 4.69) is 15.1 Å². The van der Waals surface area contributed by atoms with Crippen LogP contribution >= 0.6 is 11.3 Å². The Morgan fingerprint density at radius 3 is 3.00 bits per heavy atom. The molecule has 1 N–H and O–H groups in total. The molecule has 0 atom stereocenters.